The molecule has 0 radical (unpaired) electrons. The molecule has 0 amide bonds. The normalized spacial score (nSPS) is 11.6. The van der Waals surface area contributed by atoms with Crippen molar-refractivity contribution in [2.75, 3.05) is 5.75 Å². The van der Waals surface area contributed by atoms with Crippen LogP contribution in [0.2, 0.25) is 0 Å². The summed E-state index contributed by atoms with van der Waals surface area (Å²) in [5.41, 5.74) is 0.682. The van der Waals surface area contributed by atoms with Crippen LogP contribution in [0.3, 0.4) is 0 Å². The molecule has 0 fully saturated rings. The van der Waals surface area contributed by atoms with E-state index >= 15 is 0 Å². The first-order valence-electron chi connectivity index (χ1n) is 4.27. The molecule has 0 aliphatic carbocycles. The van der Waals surface area contributed by atoms with Gasteiger partial charge in [-0.1, -0.05) is 0 Å². The predicted octanol–water partition coefficient (Wildman–Crippen LogP) is 2.09. The van der Waals surface area contributed by atoms with Crippen LogP contribution in [0.25, 0.3) is 0 Å². The smallest absolute Gasteiger partial charge is 0.0681 e. The van der Waals surface area contributed by atoms with Gasteiger partial charge in [0.1, 0.15) is 0 Å². The van der Waals surface area contributed by atoms with Crippen LogP contribution < -0.4 is 0 Å². The van der Waals surface area contributed by atoms with Gasteiger partial charge in [-0.15, -0.1) is 0 Å². The second-order valence-corrected chi connectivity index (χ2v) is 4.65. The molecule has 0 aliphatic rings. The molecule has 0 bridgehead atoms. The van der Waals surface area contributed by atoms with Crippen molar-refractivity contribution in [1.82, 2.24) is 4.98 Å². The van der Waals surface area contributed by atoms with Gasteiger partial charge in [-0.25, -0.2) is 0 Å². The van der Waals surface area contributed by atoms with Crippen LogP contribution in [-0.4, -0.2) is 21.4 Å². The van der Waals surface area contributed by atoms with Crippen LogP contribution in [0, 0.1) is 0 Å². The maximum atomic E-state index is 9.46. The molecule has 72 valence electrons. The molecule has 0 aromatic carbocycles. The number of aliphatic hydroxyl groups is 1. The van der Waals surface area contributed by atoms with Gasteiger partial charge in [-0.3, -0.25) is 4.98 Å². The summed E-state index contributed by atoms with van der Waals surface area (Å²) in [5, 5.41) is 9.46. The Hall–Kier alpha value is -0.540. The van der Waals surface area contributed by atoms with Crippen LogP contribution in [0.1, 0.15) is 19.4 Å². The molecule has 1 heterocycles. The Bertz CT molecular complexity index is 243. The Morgan fingerprint density at radius 1 is 1.38 bits per heavy atom. The van der Waals surface area contributed by atoms with Gasteiger partial charge in [-0.2, -0.15) is 11.8 Å². The van der Waals surface area contributed by atoms with Crippen molar-refractivity contribution >= 4 is 11.8 Å². The van der Waals surface area contributed by atoms with Crippen LogP contribution >= 0.6 is 11.8 Å². The van der Waals surface area contributed by atoms with Crippen molar-refractivity contribution in [1.29, 1.82) is 0 Å². The van der Waals surface area contributed by atoms with E-state index in [4.69, 9.17) is 0 Å². The van der Waals surface area contributed by atoms with Gasteiger partial charge >= 0.3 is 0 Å². The number of thioether (sulfide) groups is 1. The third kappa shape index (κ3) is 4.90. The molecule has 0 atom stereocenters. The summed E-state index contributed by atoms with van der Waals surface area (Å²) in [5.74, 6) is 1.70. The van der Waals surface area contributed by atoms with E-state index in [0.29, 0.717) is 0 Å². The van der Waals surface area contributed by atoms with E-state index in [9.17, 15) is 5.11 Å². The topological polar surface area (TPSA) is 33.1 Å². The fourth-order valence-electron chi connectivity index (χ4n) is 0.898. The largest absolute Gasteiger partial charge is 0.390 e. The van der Waals surface area contributed by atoms with Crippen LogP contribution in [-0.2, 0) is 5.75 Å². The molecular weight excluding hydrogens is 182 g/mol. The van der Waals surface area contributed by atoms with Gasteiger partial charge in [0.25, 0.3) is 0 Å². The second kappa shape index (κ2) is 4.63. The van der Waals surface area contributed by atoms with Crippen molar-refractivity contribution < 1.29 is 5.11 Å². The minimum atomic E-state index is -0.572. The second-order valence-electron chi connectivity index (χ2n) is 3.66. The minimum Gasteiger partial charge on any atom is -0.390 e. The van der Waals surface area contributed by atoms with Crippen LogP contribution in [0.5, 0.6) is 0 Å². The summed E-state index contributed by atoms with van der Waals surface area (Å²) in [7, 11) is 0. The van der Waals surface area contributed by atoms with Crippen molar-refractivity contribution in [2.24, 2.45) is 0 Å². The highest BCUT2D eigenvalue weighted by molar-refractivity contribution is 7.98. The number of rotatable bonds is 4. The molecule has 1 aromatic heterocycles. The maximum absolute atomic E-state index is 9.46. The molecule has 13 heavy (non-hydrogen) atoms. The summed E-state index contributed by atoms with van der Waals surface area (Å²) >= 11 is 1.74. The standard InChI is InChI=1S/C10H15NOS/c1-10(2,12)8-13-7-9-3-5-11-6-4-9/h3-6,12H,7-8H2,1-2H3. The van der Waals surface area contributed by atoms with E-state index in [1.807, 2.05) is 26.0 Å². The van der Waals surface area contributed by atoms with Gasteiger partial charge in [0, 0.05) is 23.9 Å². The minimum absolute atomic E-state index is 0.572. The van der Waals surface area contributed by atoms with Crippen molar-refractivity contribution in [3.63, 3.8) is 0 Å². The first-order chi connectivity index (χ1) is 6.08. The van der Waals surface area contributed by atoms with Crippen LogP contribution in [0.15, 0.2) is 24.5 Å². The lowest BCUT2D eigenvalue weighted by Crippen LogP contribution is -2.21. The highest BCUT2D eigenvalue weighted by Gasteiger charge is 2.11. The fourth-order valence-corrected chi connectivity index (χ4v) is 1.93. The monoisotopic (exact) mass is 197 g/mol. The van der Waals surface area contributed by atoms with E-state index in [1.165, 1.54) is 5.56 Å². The molecule has 0 spiro atoms. The molecule has 1 rings (SSSR count). The Kier molecular flexibility index (Phi) is 3.75. The molecule has 0 saturated heterocycles. The summed E-state index contributed by atoms with van der Waals surface area (Å²) in [6, 6.07) is 3.99. The van der Waals surface area contributed by atoms with Gasteiger partial charge in [-0.05, 0) is 31.5 Å². The zero-order valence-corrected chi connectivity index (χ0v) is 8.84. The quantitative estimate of drug-likeness (QED) is 0.802. The van der Waals surface area contributed by atoms with E-state index in [0.717, 1.165) is 11.5 Å². The van der Waals surface area contributed by atoms with Crippen molar-refractivity contribution in [3.8, 4) is 0 Å². The number of aromatic nitrogens is 1. The summed E-state index contributed by atoms with van der Waals surface area (Å²) in [6.45, 7) is 3.65. The SMILES string of the molecule is CC(C)(O)CSCc1ccncc1. The molecular formula is C10H15NOS. The lowest BCUT2D eigenvalue weighted by molar-refractivity contribution is 0.107. The summed E-state index contributed by atoms with van der Waals surface area (Å²) < 4.78 is 0. The summed E-state index contributed by atoms with van der Waals surface area (Å²) in [4.78, 5) is 3.94. The average molecular weight is 197 g/mol. The highest BCUT2D eigenvalue weighted by atomic mass is 32.2. The molecule has 3 heteroatoms. The molecule has 1 aromatic rings. The number of pyridine rings is 1. The number of nitrogens with zero attached hydrogens (tertiary/aromatic N) is 1. The van der Waals surface area contributed by atoms with Gasteiger partial charge < -0.3 is 5.11 Å². The Balaban J connectivity index is 2.29. The van der Waals surface area contributed by atoms with E-state index in [2.05, 4.69) is 4.98 Å². The number of hydrogen-bond donors (Lipinski definition) is 1. The van der Waals surface area contributed by atoms with E-state index in [1.54, 1.807) is 24.2 Å². The molecule has 0 aliphatic heterocycles. The zero-order chi connectivity index (χ0) is 9.73. The highest BCUT2D eigenvalue weighted by Crippen LogP contribution is 2.16. The first kappa shape index (κ1) is 10.5. The van der Waals surface area contributed by atoms with E-state index in [-0.39, 0.29) is 0 Å². The Morgan fingerprint density at radius 3 is 2.54 bits per heavy atom. The van der Waals surface area contributed by atoms with Crippen LogP contribution in [0.4, 0.5) is 0 Å². The molecule has 0 unspecified atom stereocenters. The third-order valence-electron chi connectivity index (χ3n) is 1.47. The molecule has 2 nitrogen and oxygen atoms in total. The first-order valence-corrected chi connectivity index (χ1v) is 5.42. The lowest BCUT2D eigenvalue weighted by atomic mass is 10.2. The average Bonchev–Trinajstić information content (AvgIpc) is 2.04. The van der Waals surface area contributed by atoms with Gasteiger partial charge in [0.2, 0.25) is 0 Å². The summed E-state index contributed by atoms with van der Waals surface area (Å²) in [6.07, 6.45) is 3.58. The maximum Gasteiger partial charge on any atom is 0.0681 e. The lowest BCUT2D eigenvalue weighted by Gasteiger charge is -2.15. The zero-order valence-electron chi connectivity index (χ0n) is 8.03. The van der Waals surface area contributed by atoms with Crippen molar-refractivity contribution in [2.45, 2.75) is 25.2 Å². The molecule has 0 saturated carbocycles. The Labute approximate surface area is 83.4 Å². The third-order valence-corrected chi connectivity index (χ3v) is 2.92. The predicted molar refractivity (Wildman–Crippen MR) is 56.7 cm³/mol. The number of hydrogen-bond acceptors (Lipinski definition) is 3. The fraction of sp³-hybridized carbons (Fsp3) is 0.500. The van der Waals surface area contributed by atoms with E-state index < -0.39 is 5.60 Å². The Morgan fingerprint density at radius 2 is 2.00 bits per heavy atom. The van der Waals surface area contributed by atoms with Gasteiger partial charge in [0.05, 0.1) is 5.60 Å². The van der Waals surface area contributed by atoms with Crippen molar-refractivity contribution in [3.05, 3.63) is 30.1 Å². The molecule has 1 N–H and O–H groups in total. The van der Waals surface area contributed by atoms with Gasteiger partial charge in [0.15, 0.2) is 0 Å².